The van der Waals surface area contributed by atoms with Gasteiger partial charge in [-0.2, -0.15) is 0 Å². The molecule has 0 fully saturated rings. The van der Waals surface area contributed by atoms with Crippen LogP contribution in [0, 0.1) is 0 Å². The highest BCUT2D eigenvalue weighted by molar-refractivity contribution is 5.95. The molecule has 0 aliphatic rings. The van der Waals surface area contributed by atoms with Gasteiger partial charge in [0, 0.05) is 33.5 Å². The molecule has 6 heteroatoms. The first kappa shape index (κ1) is 21.5. The van der Waals surface area contributed by atoms with Crippen LogP contribution in [0.2, 0.25) is 0 Å². The van der Waals surface area contributed by atoms with Gasteiger partial charge in [0.25, 0.3) is 0 Å². The number of nitrogens with two attached hydrogens (primary N) is 1. The smallest absolute Gasteiger partial charge is 0.158 e. The molecule has 2 heterocycles. The molecule has 2 N–H and O–H groups in total. The minimum atomic E-state index is 0. The topological polar surface area (TPSA) is 68.6 Å². The number of amidine groups is 1. The summed E-state index contributed by atoms with van der Waals surface area (Å²) >= 11 is 0. The van der Waals surface area contributed by atoms with E-state index in [4.69, 9.17) is 5.73 Å². The summed E-state index contributed by atoms with van der Waals surface area (Å²) in [6.45, 7) is 12.7. The van der Waals surface area contributed by atoms with Crippen LogP contribution in [-0.2, 0) is 6.42 Å². The van der Waals surface area contributed by atoms with Gasteiger partial charge in [0.2, 0.25) is 0 Å². The minimum absolute atomic E-state index is 0. The lowest BCUT2D eigenvalue weighted by molar-refractivity contribution is 0.979. The van der Waals surface area contributed by atoms with Crippen LogP contribution in [0.4, 0.5) is 0 Å². The zero-order valence-electron chi connectivity index (χ0n) is 14.1. The molecule has 5 nitrogen and oxygen atoms in total. The lowest BCUT2D eigenvalue weighted by Crippen LogP contribution is -2.17. The molecule has 0 aliphatic carbocycles. The second-order valence-corrected chi connectivity index (χ2v) is 3.44. The summed E-state index contributed by atoms with van der Waals surface area (Å²) in [4.78, 5) is 12.9. The molecule has 0 aromatic carbocycles. The number of fused-ring (bicyclic) bond motifs is 1. The molecule has 0 aliphatic heterocycles. The summed E-state index contributed by atoms with van der Waals surface area (Å²) in [6, 6.07) is 0. The molecule has 0 unspecified atom stereocenters. The van der Waals surface area contributed by atoms with Crippen LogP contribution in [0.3, 0.4) is 0 Å². The summed E-state index contributed by atoms with van der Waals surface area (Å²) < 4.78 is 1.93. The van der Waals surface area contributed by atoms with E-state index in [2.05, 4.69) is 15.0 Å². The Bertz CT molecular complexity index is 534. The van der Waals surface area contributed by atoms with Crippen molar-refractivity contribution in [3.63, 3.8) is 0 Å². The van der Waals surface area contributed by atoms with E-state index in [0.29, 0.717) is 18.1 Å². The maximum atomic E-state index is 5.84. The molecule has 0 atom stereocenters. The normalized spacial score (nSPS) is 9.90. The van der Waals surface area contributed by atoms with E-state index in [1.54, 1.807) is 6.20 Å². The van der Waals surface area contributed by atoms with Gasteiger partial charge in [-0.25, -0.2) is 9.97 Å². The Labute approximate surface area is 130 Å². The molecule has 0 saturated carbocycles. The largest absolute Gasteiger partial charge is 0.382 e. The van der Waals surface area contributed by atoms with Gasteiger partial charge in [-0.05, 0) is 13.3 Å². The summed E-state index contributed by atoms with van der Waals surface area (Å²) in [6.07, 6.45) is 6.33. The van der Waals surface area contributed by atoms with Crippen molar-refractivity contribution in [3.8, 4) is 0 Å². The van der Waals surface area contributed by atoms with E-state index >= 15 is 0 Å². The molecular formula is C15H27BN5. The van der Waals surface area contributed by atoms with Crippen molar-refractivity contribution in [1.29, 1.82) is 0 Å². The van der Waals surface area contributed by atoms with Gasteiger partial charge in [-0.15, -0.1) is 0 Å². The fourth-order valence-electron chi connectivity index (χ4n) is 1.61. The quantitative estimate of drug-likeness (QED) is 0.536. The Balaban J connectivity index is 0. The summed E-state index contributed by atoms with van der Waals surface area (Å²) in [5.41, 5.74) is 8.38. The number of aryl methyl sites for hydroxylation is 1. The maximum Gasteiger partial charge on any atom is 0.158 e. The monoisotopic (exact) mass is 288 g/mol. The van der Waals surface area contributed by atoms with Crippen LogP contribution in [0.25, 0.3) is 5.65 Å². The Morgan fingerprint density at radius 2 is 1.86 bits per heavy atom. The maximum absolute atomic E-state index is 5.84. The van der Waals surface area contributed by atoms with E-state index in [1.807, 2.05) is 58.3 Å². The Hall–Kier alpha value is -1.85. The van der Waals surface area contributed by atoms with E-state index in [0.717, 1.165) is 17.8 Å². The zero-order valence-corrected chi connectivity index (χ0v) is 14.1. The van der Waals surface area contributed by atoms with Crippen molar-refractivity contribution >= 4 is 19.9 Å². The second kappa shape index (κ2) is 11.9. The standard InChI is InChI=1S/C11H15N5.2C2H6.B/c1-3-8-11-14-5-6-16(11)7-9(15-8)10(12)13-4-2;2*1-2;/h5-7H,3-4H2,1-2H3,(H2,12,13);2*1-2H3;. The Morgan fingerprint density at radius 3 is 2.38 bits per heavy atom. The highest BCUT2D eigenvalue weighted by Crippen LogP contribution is 2.08. The van der Waals surface area contributed by atoms with Crippen LogP contribution in [0.15, 0.2) is 23.6 Å². The van der Waals surface area contributed by atoms with Gasteiger partial charge in [-0.1, -0.05) is 34.6 Å². The Kier molecular flexibility index (Phi) is 12.2. The van der Waals surface area contributed by atoms with Crippen LogP contribution in [0.5, 0.6) is 0 Å². The fourth-order valence-corrected chi connectivity index (χ4v) is 1.61. The predicted molar refractivity (Wildman–Crippen MR) is 92.1 cm³/mol. The van der Waals surface area contributed by atoms with E-state index < -0.39 is 0 Å². The number of hydrogen-bond donors (Lipinski definition) is 1. The second-order valence-electron chi connectivity index (χ2n) is 3.44. The molecular weight excluding hydrogens is 261 g/mol. The van der Waals surface area contributed by atoms with Crippen molar-refractivity contribution in [2.45, 2.75) is 48.0 Å². The van der Waals surface area contributed by atoms with Gasteiger partial charge in [0.15, 0.2) is 5.65 Å². The van der Waals surface area contributed by atoms with Crippen LogP contribution >= 0.6 is 0 Å². The molecule has 2 aromatic heterocycles. The molecule has 21 heavy (non-hydrogen) atoms. The van der Waals surface area contributed by atoms with Gasteiger partial charge in [0.05, 0.1) is 5.69 Å². The van der Waals surface area contributed by atoms with Gasteiger partial charge < -0.3 is 10.1 Å². The lowest BCUT2D eigenvalue weighted by Gasteiger charge is -2.05. The summed E-state index contributed by atoms with van der Waals surface area (Å²) in [7, 11) is 0. The number of nitrogens with zero attached hydrogens (tertiary/aromatic N) is 4. The first-order chi connectivity index (χ1) is 9.76. The molecule has 0 spiro atoms. The lowest BCUT2D eigenvalue weighted by atomic mass is 10.3. The van der Waals surface area contributed by atoms with Crippen molar-refractivity contribution in [2.24, 2.45) is 10.7 Å². The van der Waals surface area contributed by atoms with Crippen LogP contribution in [0.1, 0.15) is 52.9 Å². The molecule has 2 aromatic rings. The van der Waals surface area contributed by atoms with Crippen molar-refractivity contribution in [1.82, 2.24) is 14.4 Å². The number of aliphatic imine (C=N–C) groups is 1. The molecule has 0 saturated heterocycles. The van der Waals surface area contributed by atoms with E-state index in [9.17, 15) is 0 Å². The SMILES string of the molecule is CC.CC.CCN=C(N)c1cn2ccnc2c(CC)n1.[B]. The van der Waals surface area contributed by atoms with Gasteiger partial charge in [0.1, 0.15) is 11.5 Å². The van der Waals surface area contributed by atoms with Crippen molar-refractivity contribution < 1.29 is 0 Å². The first-order valence-electron chi connectivity index (χ1n) is 7.39. The molecule has 2 rings (SSSR count). The first-order valence-corrected chi connectivity index (χ1v) is 7.39. The minimum Gasteiger partial charge on any atom is -0.382 e. The molecule has 0 amide bonds. The molecule has 115 valence electrons. The number of hydrogen-bond acceptors (Lipinski definition) is 3. The number of imidazole rings is 1. The van der Waals surface area contributed by atoms with Gasteiger partial charge in [-0.3, -0.25) is 4.99 Å². The third-order valence-corrected chi connectivity index (χ3v) is 2.37. The Morgan fingerprint density at radius 1 is 1.24 bits per heavy atom. The molecule has 0 bridgehead atoms. The van der Waals surface area contributed by atoms with Crippen molar-refractivity contribution in [2.75, 3.05) is 6.54 Å². The number of aromatic nitrogens is 3. The van der Waals surface area contributed by atoms with Gasteiger partial charge >= 0.3 is 0 Å². The zero-order chi connectivity index (χ0) is 15.5. The third kappa shape index (κ3) is 5.57. The highest BCUT2D eigenvalue weighted by atomic mass is 15.0. The average Bonchev–Trinajstić information content (AvgIpc) is 2.99. The summed E-state index contributed by atoms with van der Waals surface area (Å²) in [5, 5.41) is 0. The fraction of sp³-hybridized carbons (Fsp3) is 0.533. The van der Waals surface area contributed by atoms with Crippen LogP contribution in [-0.4, -0.2) is 35.2 Å². The molecule has 3 radical (unpaired) electrons. The summed E-state index contributed by atoms with van der Waals surface area (Å²) in [5.74, 6) is 0.479. The van der Waals surface area contributed by atoms with Crippen molar-refractivity contribution in [3.05, 3.63) is 30.0 Å². The average molecular weight is 288 g/mol. The highest BCUT2D eigenvalue weighted by Gasteiger charge is 2.07. The van der Waals surface area contributed by atoms with E-state index in [-0.39, 0.29) is 8.41 Å². The van der Waals surface area contributed by atoms with Crippen LogP contribution < -0.4 is 5.73 Å². The third-order valence-electron chi connectivity index (χ3n) is 2.37. The van der Waals surface area contributed by atoms with E-state index in [1.165, 1.54) is 0 Å². The predicted octanol–water partition coefficient (Wildman–Crippen LogP) is 2.69. The number of rotatable bonds is 3.